The van der Waals surface area contributed by atoms with Gasteiger partial charge in [0.25, 0.3) is 0 Å². The average molecular weight is 453 g/mol. The molecule has 1 unspecified atom stereocenters. The smallest absolute Gasteiger partial charge is 0.311 e. The van der Waals surface area contributed by atoms with Crippen LogP contribution in [0, 0.1) is 10.8 Å². The number of carbonyl (C=O) groups excluding carboxylic acids is 2. The lowest BCUT2D eigenvalue weighted by molar-refractivity contribution is -0.152. The highest BCUT2D eigenvalue weighted by Gasteiger charge is 2.29. The summed E-state index contributed by atoms with van der Waals surface area (Å²) in [4.78, 5) is 23.6. The normalized spacial score (nSPS) is 12.8. The van der Waals surface area contributed by atoms with Crippen molar-refractivity contribution in [3.05, 3.63) is 23.8 Å². The second-order valence-corrected chi connectivity index (χ2v) is 9.28. The van der Waals surface area contributed by atoms with E-state index in [0.29, 0.717) is 62.4 Å². The molecule has 0 spiro atoms. The molecule has 1 atom stereocenters. The summed E-state index contributed by atoms with van der Waals surface area (Å²) >= 11 is 0. The van der Waals surface area contributed by atoms with E-state index in [9.17, 15) is 14.7 Å². The van der Waals surface area contributed by atoms with Crippen LogP contribution in [0.15, 0.2) is 18.2 Å². The molecule has 0 bridgehead atoms. The molecule has 1 aromatic carbocycles. The van der Waals surface area contributed by atoms with Crippen LogP contribution >= 0.6 is 0 Å². The standard InChI is InChI=1S/C25H40O7/c1-8-20(26)19-17-18(31-15-9-13-24(2,3)22(27)29-6)11-12-21(19)32-16-10-14-25(4,5)23(28)30-7/h11-12,17,20,26H,8-10,13-16H2,1-7H3. The summed E-state index contributed by atoms with van der Waals surface area (Å²) < 4.78 is 21.4. The molecule has 0 saturated heterocycles. The van der Waals surface area contributed by atoms with E-state index >= 15 is 0 Å². The fraction of sp³-hybridized carbons (Fsp3) is 0.680. The molecule has 7 heteroatoms. The molecule has 32 heavy (non-hydrogen) atoms. The minimum absolute atomic E-state index is 0.234. The van der Waals surface area contributed by atoms with Crippen molar-refractivity contribution in [3.8, 4) is 11.5 Å². The highest BCUT2D eigenvalue weighted by molar-refractivity contribution is 5.76. The molecule has 182 valence electrons. The van der Waals surface area contributed by atoms with Gasteiger partial charge in [0.2, 0.25) is 0 Å². The third kappa shape index (κ3) is 8.34. The van der Waals surface area contributed by atoms with Gasteiger partial charge in [-0.1, -0.05) is 6.92 Å². The van der Waals surface area contributed by atoms with Crippen LogP contribution in [-0.2, 0) is 19.1 Å². The number of carbonyl (C=O) groups is 2. The van der Waals surface area contributed by atoms with E-state index in [2.05, 4.69) is 0 Å². The zero-order valence-electron chi connectivity index (χ0n) is 20.7. The van der Waals surface area contributed by atoms with Crippen molar-refractivity contribution in [1.82, 2.24) is 0 Å². The van der Waals surface area contributed by atoms with Gasteiger partial charge >= 0.3 is 11.9 Å². The molecule has 0 aliphatic carbocycles. The predicted molar refractivity (Wildman–Crippen MR) is 123 cm³/mol. The number of aliphatic hydroxyl groups excluding tert-OH is 1. The minimum atomic E-state index is -0.668. The first-order valence-electron chi connectivity index (χ1n) is 11.2. The fourth-order valence-electron chi connectivity index (χ4n) is 3.39. The Kier molecular flexibility index (Phi) is 11.0. The van der Waals surface area contributed by atoms with Crippen LogP contribution in [0.25, 0.3) is 0 Å². The molecule has 0 aliphatic heterocycles. The van der Waals surface area contributed by atoms with Gasteiger partial charge in [-0.2, -0.15) is 0 Å². The molecular formula is C25H40O7. The Labute approximate surface area is 192 Å². The molecule has 7 nitrogen and oxygen atoms in total. The van der Waals surface area contributed by atoms with E-state index < -0.39 is 16.9 Å². The van der Waals surface area contributed by atoms with E-state index in [0.717, 1.165) is 0 Å². The number of hydrogen-bond donors (Lipinski definition) is 1. The van der Waals surface area contributed by atoms with Crippen molar-refractivity contribution >= 4 is 11.9 Å². The van der Waals surface area contributed by atoms with Crippen LogP contribution < -0.4 is 9.47 Å². The largest absolute Gasteiger partial charge is 0.494 e. The van der Waals surface area contributed by atoms with Gasteiger partial charge in [-0.25, -0.2) is 0 Å². The van der Waals surface area contributed by atoms with Gasteiger partial charge in [0.05, 0.1) is 44.4 Å². The first-order valence-corrected chi connectivity index (χ1v) is 11.2. The number of esters is 2. The number of aliphatic hydroxyl groups is 1. The molecule has 0 amide bonds. The van der Waals surface area contributed by atoms with Gasteiger partial charge < -0.3 is 24.1 Å². The summed E-state index contributed by atoms with van der Waals surface area (Å²) in [7, 11) is 2.79. The zero-order chi connectivity index (χ0) is 24.4. The van der Waals surface area contributed by atoms with Gasteiger partial charge in [0, 0.05) is 5.56 Å². The van der Waals surface area contributed by atoms with Crippen LogP contribution in [-0.4, -0.2) is 44.5 Å². The lowest BCUT2D eigenvalue weighted by atomic mass is 9.88. The number of hydrogen-bond acceptors (Lipinski definition) is 7. The van der Waals surface area contributed by atoms with E-state index in [1.807, 2.05) is 40.7 Å². The number of rotatable bonds is 14. The van der Waals surface area contributed by atoms with Gasteiger partial charge in [0.15, 0.2) is 0 Å². The van der Waals surface area contributed by atoms with Crippen LogP contribution in [0.3, 0.4) is 0 Å². The maximum absolute atomic E-state index is 11.8. The lowest BCUT2D eigenvalue weighted by Gasteiger charge is -2.22. The van der Waals surface area contributed by atoms with E-state index in [1.165, 1.54) is 14.2 Å². The summed E-state index contributed by atoms with van der Waals surface area (Å²) in [5.74, 6) is 0.773. The third-order valence-corrected chi connectivity index (χ3v) is 5.62. The van der Waals surface area contributed by atoms with Gasteiger partial charge in [-0.15, -0.1) is 0 Å². The average Bonchev–Trinajstić information content (AvgIpc) is 2.78. The summed E-state index contributed by atoms with van der Waals surface area (Å²) in [6.45, 7) is 10.2. The first kappa shape index (κ1) is 27.8. The topological polar surface area (TPSA) is 91.3 Å². The van der Waals surface area contributed by atoms with Crippen LogP contribution in [0.2, 0.25) is 0 Å². The summed E-state index contributed by atoms with van der Waals surface area (Å²) in [6.07, 6.45) is 2.53. The van der Waals surface area contributed by atoms with Crippen molar-refractivity contribution in [1.29, 1.82) is 0 Å². The Balaban J connectivity index is 2.68. The van der Waals surface area contributed by atoms with Crippen molar-refractivity contribution in [3.63, 3.8) is 0 Å². The summed E-state index contributed by atoms with van der Waals surface area (Å²) in [6, 6.07) is 5.41. The molecule has 0 saturated carbocycles. The van der Waals surface area contributed by atoms with Crippen LogP contribution in [0.4, 0.5) is 0 Å². The highest BCUT2D eigenvalue weighted by atomic mass is 16.5. The van der Waals surface area contributed by atoms with E-state index in [4.69, 9.17) is 18.9 Å². The highest BCUT2D eigenvalue weighted by Crippen LogP contribution is 2.32. The third-order valence-electron chi connectivity index (χ3n) is 5.62. The molecule has 0 radical (unpaired) electrons. The Morgan fingerprint density at radius 2 is 1.41 bits per heavy atom. The van der Waals surface area contributed by atoms with Gasteiger partial charge in [-0.05, 0) is 78.0 Å². The molecule has 1 aromatic rings. The second kappa shape index (κ2) is 12.7. The van der Waals surface area contributed by atoms with Crippen molar-refractivity contribution in [2.75, 3.05) is 27.4 Å². The number of benzene rings is 1. The Bertz CT molecular complexity index is 740. The lowest BCUT2D eigenvalue weighted by Crippen LogP contribution is -2.26. The van der Waals surface area contributed by atoms with E-state index in [-0.39, 0.29) is 11.9 Å². The van der Waals surface area contributed by atoms with Gasteiger partial charge in [0.1, 0.15) is 11.5 Å². The van der Waals surface area contributed by atoms with Crippen LogP contribution in [0.1, 0.15) is 78.4 Å². The molecule has 0 aromatic heterocycles. The Morgan fingerprint density at radius 3 is 1.88 bits per heavy atom. The number of methoxy groups -OCH3 is 2. The van der Waals surface area contributed by atoms with Crippen molar-refractivity contribution in [2.24, 2.45) is 10.8 Å². The maximum atomic E-state index is 11.8. The molecule has 0 aliphatic rings. The summed E-state index contributed by atoms with van der Waals surface area (Å²) in [5.41, 5.74) is -0.446. The molecule has 0 heterocycles. The van der Waals surface area contributed by atoms with Crippen LogP contribution in [0.5, 0.6) is 11.5 Å². The fourth-order valence-corrected chi connectivity index (χ4v) is 3.39. The van der Waals surface area contributed by atoms with Crippen molar-refractivity contribution < 1.29 is 33.6 Å². The van der Waals surface area contributed by atoms with Gasteiger partial charge in [-0.3, -0.25) is 9.59 Å². The monoisotopic (exact) mass is 452 g/mol. The zero-order valence-corrected chi connectivity index (χ0v) is 20.7. The maximum Gasteiger partial charge on any atom is 0.311 e. The Morgan fingerprint density at radius 1 is 0.906 bits per heavy atom. The molecular weight excluding hydrogens is 412 g/mol. The molecule has 1 rings (SSSR count). The quantitative estimate of drug-likeness (QED) is 0.319. The second-order valence-electron chi connectivity index (χ2n) is 9.28. The predicted octanol–water partition coefficient (Wildman–Crippen LogP) is 4.85. The summed E-state index contributed by atoms with van der Waals surface area (Å²) in [5, 5.41) is 10.4. The minimum Gasteiger partial charge on any atom is -0.494 e. The van der Waals surface area contributed by atoms with Crippen molar-refractivity contribution in [2.45, 2.75) is 72.8 Å². The molecule has 0 fully saturated rings. The number of ether oxygens (including phenoxy) is 4. The Hall–Kier alpha value is -2.28. The first-order chi connectivity index (χ1) is 15.0. The van der Waals surface area contributed by atoms with E-state index in [1.54, 1.807) is 12.1 Å². The molecule has 1 N–H and O–H groups in total. The SMILES string of the molecule is CCC(O)c1cc(OCCCC(C)(C)C(=O)OC)ccc1OCCCC(C)(C)C(=O)OC.